The summed E-state index contributed by atoms with van der Waals surface area (Å²) in [6, 6.07) is -0.466. The summed E-state index contributed by atoms with van der Waals surface area (Å²) in [7, 11) is 1.84. The molecule has 4 heterocycles. The maximum absolute atomic E-state index is 12.1. The molecule has 23 heavy (non-hydrogen) atoms. The van der Waals surface area contributed by atoms with E-state index in [1.807, 2.05) is 18.9 Å². The quantitative estimate of drug-likeness (QED) is 0.711. The lowest BCUT2D eigenvalue weighted by molar-refractivity contribution is -0.146. The highest BCUT2D eigenvalue weighted by atomic mass is 16.2. The van der Waals surface area contributed by atoms with E-state index in [1.54, 1.807) is 9.58 Å². The number of amides is 2. The first-order valence-electron chi connectivity index (χ1n) is 7.52. The largest absolute Gasteiger partial charge is 0.352 e. The summed E-state index contributed by atoms with van der Waals surface area (Å²) in [6.45, 7) is 3.59. The first kappa shape index (κ1) is 13.9. The molecule has 120 valence electrons. The number of aromatic nitrogens is 4. The molecule has 4 rings (SSSR count). The number of nitrogens with one attached hydrogen (secondary N) is 1. The molecule has 2 aliphatic rings. The Balaban J connectivity index is 1.72. The summed E-state index contributed by atoms with van der Waals surface area (Å²) in [5.41, 5.74) is 1.61. The number of anilines is 1. The number of hydrogen-bond donors (Lipinski definition) is 1. The molecule has 2 aromatic heterocycles. The van der Waals surface area contributed by atoms with Crippen molar-refractivity contribution < 1.29 is 9.59 Å². The van der Waals surface area contributed by atoms with E-state index in [0.717, 1.165) is 22.5 Å². The van der Waals surface area contributed by atoms with E-state index >= 15 is 0 Å². The highest BCUT2D eigenvalue weighted by molar-refractivity contribution is 5.96. The molecular formula is C14H17N7O2. The van der Waals surface area contributed by atoms with Gasteiger partial charge in [-0.3, -0.25) is 14.3 Å². The van der Waals surface area contributed by atoms with Crippen molar-refractivity contribution in [2.75, 3.05) is 31.1 Å². The molecular weight excluding hydrogens is 298 g/mol. The highest BCUT2D eigenvalue weighted by Gasteiger charge is 2.39. The van der Waals surface area contributed by atoms with Gasteiger partial charge in [-0.25, -0.2) is 9.97 Å². The predicted octanol–water partition coefficient (Wildman–Crippen LogP) is -1.18. The minimum Gasteiger partial charge on any atom is -0.352 e. The lowest BCUT2D eigenvalue weighted by Gasteiger charge is -2.43. The van der Waals surface area contributed by atoms with Crippen molar-refractivity contribution in [1.29, 1.82) is 0 Å². The van der Waals surface area contributed by atoms with Crippen molar-refractivity contribution in [3.8, 4) is 0 Å². The molecule has 0 aromatic carbocycles. The molecule has 0 bridgehead atoms. The van der Waals surface area contributed by atoms with E-state index in [2.05, 4.69) is 20.4 Å². The van der Waals surface area contributed by atoms with Crippen LogP contribution in [-0.2, 0) is 16.6 Å². The Morgan fingerprint density at radius 1 is 1.26 bits per heavy atom. The van der Waals surface area contributed by atoms with E-state index in [1.165, 1.54) is 6.33 Å². The summed E-state index contributed by atoms with van der Waals surface area (Å²) in [5.74, 6) is 0.633. The second-order valence-corrected chi connectivity index (χ2v) is 5.87. The van der Waals surface area contributed by atoms with Gasteiger partial charge < -0.3 is 15.1 Å². The molecule has 2 aromatic rings. The standard InChI is InChI=1S/C14H17N7O2/c1-8-11-12(19(2)18-8)16-7-17-13(11)20-3-4-21-9(6-20)14(23)15-5-10(21)22/h7,9H,3-6H2,1-2H3,(H,15,23)/t9-/m0/s1. The Labute approximate surface area is 132 Å². The zero-order valence-corrected chi connectivity index (χ0v) is 13.0. The van der Waals surface area contributed by atoms with Gasteiger partial charge >= 0.3 is 0 Å². The monoisotopic (exact) mass is 315 g/mol. The third-order valence-electron chi connectivity index (χ3n) is 4.49. The maximum Gasteiger partial charge on any atom is 0.245 e. The van der Waals surface area contributed by atoms with Crippen LogP contribution in [0.5, 0.6) is 0 Å². The molecule has 2 amide bonds. The van der Waals surface area contributed by atoms with Crippen LogP contribution in [0.15, 0.2) is 6.33 Å². The van der Waals surface area contributed by atoms with Crippen molar-refractivity contribution in [3.63, 3.8) is 0 Å². The number of aryl methyl sites for hydroxylation is 2. The summed E-state index contributed by atoms with van der Waals surface area (Å²) < 4.78 is 1.73. The average molecular weight is 315 g/mol. The molecule has 2 fully saturated rings. The fourth-order valence-corrected chi connectivity index (χ4v) is 3.38. The Bertz CT molecular complexity index is 815. The number of carbonyl (C=O) groups is 2. The second kappa shape index (κ2) is 4.90. The minimum atomic E-state index is -0.466. The molecule has 0 radical (unpaired) electrons. The molecule has 2 saturated heterocycles. The van der Waals surface area contributed by atoms with Crippen LogP contribution < -0.4 is 10.2 Å². The number of fused-ring (bicyclic) bond motifs is 2. The summed E-state index contributed by atoms with van der Waals surface area (Å²) in [5, 5.41) is 7.94. The van der Waals surface area contributed by atoms with Crippen molar-refractivity contribution in [2.24, 2.45) is 7.05 Å². The molecule has 0 aliphatic carbocycles. The molecule has 0 saturated carbocycles. The SMILES string of the molecule is Cc1nn(C)c2ncnc(N3CCN4C(=O)CNC(=O)[C@@H]4C3)c12. The fourth-order valence-electron chi connectivity index (χ4n) is 3.38. The minimum absolute atomic E-state index is 0.0281. The third kappa shape index (κ3) is 2.03. The summed E-state index contributed by atoms with van der Waals surface area (Å²) in [4.78, 5) is 36.4. The average Bonchev–Trinajstić information content (AvgIpc) is 2.85. The van der Waals surface area contributed by atoms with Gasteiger partial charge in [-0.15, -0.1) is 0 Å². The molecule has 0 unspecified atom stereocenters. The predicted molar refractivity (Wildman–Crippen MR) is 81.8 cm³/mol. The van der Waals surface area contributed by atoms with E-state index in [-0.39, 0.29) is 18.4 Å². The Morgan fingerprint density at radius 3 is 2.91 bits per heavy atom. The van der Waals surface area contributed by atoms with Gasteiger partial charge in [0.2, 0.25) is 11.8 Å². The first-order valence-corrected chi connectivity index (χ1v) is 7.52. The molecule has 2 aliphatic heterocycles. The van der Waals surface area contributed by atoms with Crippen LogP contribution in [0, 0.1) is 6.92 Å². The number of carbonyl (C=O) groups excluding carboxylic acids is 2. The van der Waals surface area contributed by atoms with Gasteiger partial charge in [0, 0.05) is 26.7 Å². The van der Waals surface area contributed by atoms with Crippen molar-refractivity contribution in [3.05, 3.63) is 12.0 Å². The Kier molecular flexibility index (Phi) is 2.97. The maximum atomic E-state index is 12.1. The van der Waals surface area contributed by atoms with Crippen molar-refractivity contribution in [2.45, 2.75) is 13.0 Å². The third-order valence-corrected chi connectivity index (χ3v) is 4.49. The summed E-state index contributed by atoms with van der Waals surface area (Å²) >= 11 is 0. The zero-order chi connectivity index (χ0) is 16.1. The Morgan fingerprint density at radius 2 is 2.09 bits per heavy atom. The van der Waals surface area contributed by atoms with E-state index in [9.17, 15) is 9.59 Å². The van der Waals surface area contributed by atoms with Gasteiger partial charge in [-0.05, 0) is 6.92 Å². The lowest BCUT2D eigenvalue weighted by Crippen LogP contribution is -2.66. The van der Waals surface area contributed by atoms with Gasteiger partial charge in [0.05, 0.1) is 17.6 Å². The topological polar surface area (TPSA) is 96.2 Å². The van der Waals surface area contributed by atoms with Crippen LogP contribution in [0.3, 0.4) is 0 Å². The molecule has 1 N–H and O–H groups in total. The van der Waals surface area contributed by atoms with Crippen molar-refractivity contribution >= 4 is 28.7 Å². The zero-order valence-electron chi connectivity index (χ0n) is 13.0. The van der Waals surface area contributed by atoms with Crippen LogP contribution in [-0.4, -0.2) is 68.7 Å². The number of hydrogen-bond acceptors (Lipinski definition) is 6. The normalized spacial score (nSPS) is 21.6. The molecule has 9 nitrogen and oxygen atoms in total. The van der Waals surface area contributed by atoms with Crippen LogP contribution >= 0.6 is 0 Å². The molecule has 9 heteroatoms. The molecule has 0 spiro atoms. The fraction of sp³-hybridized carbons (Fsp3) is 0.500. The number of piperazine rings is 2. The van der Waals surface area contributed by atoms with E-state index < -0.39 is 6.04 Å². The van der Waals surface area contributed by atoms with E-state index in [4.69, 9.17) is 0 Å². The summed E-state index contributed by atoms with van der Waals surface area (Å²) in [6.07, 6.45) is 1.51. The van der Waals surface area contributed by atoms with Gasteiger partial charge in [-0.2, -0.15) is 5.10 Å². The van der Waals surface area contributed by atoms with Gasteiger partial charge in [0.25, 0.3) is 0 Å². The second-order valence-electron chi connectivity index (χ2n) is 5.87. The van der Waals surface area contributed by atoms with Crippen molar-refractivity contribution in [1.82, 2.24) is 30.0 Å². The Hall–Kier alpha value is -2.71. The van der Waals surface area contributed by atoms with Crippen LogP contribution in [0.25, 0.3) is 11.0 Å². The van der Waals surface area contributed by atoms with Gasteiger partial charge in [-0.1, -0.05) is 0 Å². The molecule has 1 atom stereocenters. The van der Waals surface area contributed by atoms with Crippen LogP contribution in [0.4, 0.5) is 5.82 Å². The lowest BCUT2D eigenvalue weighted by atomic mass is 10.1. The number of nitrogens with zero attached hydrogens (tertiary/aromatic N) is 6. The van der Waals surface area contributed by atoms with Gasteiger partial charge in [0.1, 0.15) is 18.2 Å². The number of rotatable bonds is 1. The smallest absolute Gasteiger partial charge is 0.245 e. The van der Waals surface area contributed by atoms with Crippen LogP contribution in [0.2, 0.25) is 0 Å². The van der Waals surface area contributed by atoms with Crippen LogP contribution in [0.1, 0.15) is 5.69 Å². The first-order chi connectivity index (χ1) is 11.1. The van der Waals surface area contributed by atoms with Gasteiger partial charge in [0.15, 0.2) is 5.65 Å². The van der Waals surface area contributed by atoms with E-state index in [0.29, 0.717) is 19.6 Å². The highest BCUT2D eigenvalue weighted by Crippen LogP contribution is 2.27.